The summed E-state index contributed by atoms with van der Waals surface area (Å²) in [6.07, 6.45) is 0.591. The van der Waals surface area contributed by atoms with E-state index >= 15 is 0 Å². The molecule has 0 aliphatic carbocycles. The van der Waals surface area contributed by atoms with Gasteiger partial charge >= 0.3 is 0 Å². The fourth-order valence-electron chi connectivity index (χ4n) is 1.62. The maximum atomic E-state index is 11.1. The van der Waals surface area contributed by atoms with E-state index in [1.807, 2.05) is 6.92 Å². The SMILES string of the molecule is Cc1nc(Cl)c(C=O)c(Nc2cc(Cl)c(C)cc2Cl)n1. The van der Waals surface area contributed by atoms with Crippen molar-refractivity contribution < 1.29 is 4.79 Å². The molecule has 0 aliphatic rings. The number of rotatable bonds is 3. The normalized spacial score (nSPS) is 10.4. The number of carbonyl (C=O) groups is 1. The van der Waals surface area contributed by atoms with Gasteiger partial charge in [-0.15, -0.1) is 0 Å². The van der Waals surface area contributed by atoms with Gasteiger partial charge in [-0.05, 0) is 31.5 Å². The minimum Gasteiger partial charge on any atom is -0.338 e. The van der Waals surface area contributed by atoms with Crippen LogP contribution in [0.15, 0.2) is 12.1 Å². The van der Waals surface area contributed by atoms with Crippen molar-refractivity contribution in [2.45, 2.75) is 13.8 Å². The molecule has 20 heavy (non-hydrogen) atoms. The molecule has 0 bridgehead atoms. The summed E-state index contributed by atoms with van der Waals surface area (Å²) in [6, 6.07) is 3.39. The van der Waals surface area contributed by atoms with Crippen LogP contribution in [-0.2, 0) is 0 Å². The van der Waals surface area contributed by atoms with Gasteiger partial charge < -0.3 is 5.32 Å². The van der Waals surface area contributed by atoms with Gasteiger partial charge in [0.2, 0.25) is 0 Å². The van der Waals surface area contributed by atoms with Crippen LogP contribution in [0, 0.1) is 13.8 Å². The van der Waals surface area contributed by atoms with Gasteiger partial charge in [0.1, 0.15) is 16.8 Å². The second-order valence-corrected chi connectivity index (χ2v) is 5.32. The van der Waals surface area contributed by atoms with Gasteiger partial charge in [0.25, 0.3) is 0 Å². The number of aryl methyl sites for hydroxylation is 2. The number of anilines is 2. The third kappa shape index (κ3) is 3.03. The van der Waals surface area contributed by atoms with Crippen molar-refractivity contribution in [3.8, 4) is 0 Å². The topological polar surface area (TPSA) is 54.9 Å². The summed E-state index contributed by atoms with van der Waals surface area (Å²) in [5, 5.41) is 4.07. The highest BCUT2D eigenvalue weighted by Crippen LogP contribution is 2.32. The Bertz CT molecular complexity index is 689. The third-order valence-corrected chi connectivity index (χ3v) is 3.64. The van der Waals surface area contributed by atoms with Gasteiger partial charge in [0.15, 0.2) is 6.29 Å². The number of aromatic nitrogens is 2. The number of aldehydes is 1. The largest absolute Gasteiger partial charge is 0.338 e. The Morgan fingerprint density at radius 1 is 1.10 bits per heavy atom. The molecule has 0 spiro atoms. The van der Waals surface area contributed by atoms with Crippen LogP contribution >= 0.6 is 34.8 Å². The zero-order valence-electron chi connectivity index (χ0n) is 10.7. The first-order valence-electron chi connectivity index (χ1n) is 5.64. The van der Waals surface area contributed by atoms with Crippen molar-refractivity contribution in [1.29, 1.82) is 0 Å². The highest BCUT2D eigenvalue weighted by Gasteiger charge is 2.13. The molecule has 0 atom stereocenters. The van der Waals surface area contributed by atoms with E-state index in [-0.39, 0.29) is 10.7 Å². The molecule has 4 nitrogen and oxygen atoms in total. The average Bonchev–Trinajstić information content (AvgIpc) is 2.35. The molecule has 2 rings (SSSR count). The lowest BCUT2D eigenvalue weighted by Gasteiger charge is -2.12. The molecule has 0 amide bonds. The van der Waals surface area contributed by atoms with Gasteiger partial charge in [-0.25, -0.2) is 9.97 Å². The molecule has 1 aromatic carbocycles. The van der Waals surface area contributed by atoms with E-state index in [4.69, 9.17) is 34.8 Å². The summed E-state index contributed by atoms with van der Waals surface area (Å²) in [5.41, 5.74) is 1.57. The summed E-state index contributed by atoms with van der Waals surface area (Å²) in [6.45, 7) is 3.52. The van der Waals surface area contributed by atoms with Crippen LogP contribution < -0.4 is 5.32 Å². The van der Waals surface area contributed by atoms with E-state index in [0.29, 0.717) is 33.7 Å². The summed E-state index contributed by atoms with van der Waals surface area (Å²) in [5.74, 6) is 0.733. The molecule has 0 fully saturated rings. The Kier molecular flexibility index (Phi) is 4.48. The van der Waals surface area contributed by atoms with E-state index in [2.05, 4.69) is 15.3 Å². The number of hydrogen-bond donors (Lipinski definition) is 1. The fraction of sp³-hybridized carbons (Fsp3) is 0.154. The van der Waals surface area contributed by atoms with Gasteiger partial charge in [-0.1, -0.05) is 34.8 Å². The predicted octanol–water partition coefficient (Wildman–Crippen LogP) is 4.61. The second-order valence-electron chi connectivity index (χ2n) is 4.15. The Morgan fingerprint density at radius 2 is 1.80 bits per heavy atom. The molecule has 1 heterocycles. The number of benzene rings is 1. The number of hydrogen-bond acceptors (Lipinski definition) is 4. The van der Waals surface area contributed by atoms with Crippen molar-refractivity contribution in [3.05, 3.63) is 44.3 Å². The van der Waals surface area contributed by atoms with Crippen molar-refractivity contribution in [2.24, 2.45) is 0 Å². The third-order valence-electron chi connectivity index (χ3n) is 2.63. The summed E-state index contributed by atoms with van der Waals surface area (Å²) in [7, 11) is 0. The van der Waals surface area contributed by atoms with Crippen LogP contribution in [0.25, 0.3) is 0 Å². The molecular weight excluding hydrogens is 321 g/mol. The Hall–Kier alpha value is -1.36. The van der Waals surface area contributed by atoms with E-state index in [9.17, 15) is 4.79 Å². The molecule has 2 aromatic rings. The van der Waals surface area contributed by atoms with Crippen LogP contribution in [0.2, 0.25) is 15.2 Å². The van der Waals surface area contributed by atoms with Gasteiger partial charge in [0, 0.05) is 5.02 Å². The predicted molar refractivity (Wildman–Crippen MR) is 81.6 cm³/mol. The summed E-state index contributed by atoms with van der Waals surface area (Å²) >= 11 is 18.1. The molecule has 7 heteroatoms. The molecule has 0 aliphatic heterocycles. The van der Waals surface area contributed by atoms with Crippen molar-refractivity contribution in [2.75, 3.05) is 5.32 Å². The van der Waals surface area contributed by atoms with Gasteiger partial charge in [-0.3, -0.25) is 4.79 Å². The standard InChI is InChI=1S/C13H10Cl3N3O/c1-6-3-10(15)11(4-9(6)14)19-13-8(5-20)12(16)17-7(2)18-13/h3-5H,1-2H3,(H,17,18,19). The first kappa shape index (κ1) is 15.0. The molecular formula is C13H10Cl3N3O. The summed E-state index contributed by atoms with van der Waals surface area (Å²) in [4.78, 5) is 19.2. The highest BCUT2D eigenvalue weighted by molar-refractivity contribution is 6.36. The number of carbonyl (C=O) groups excluding carboxylic acids is 1. The average molecular weight is 331 g/mol. The lowest BCUT2D eigenvalue weighted by atomic mass is 10.2. The molecule has 1 N–H and O–H groups in total. The monoisotopic (exact) mass is 329 g/mol. The lowest BCUT2D eigenvalue weighted by Crippen LogP contribution is -2.04. The summed E-state index contributed by atoms with van der Waals surface area (Å²) < 4.78 is 0. The minimum atomic E-state index is 0.0873. The molecule has 0 radical (unpaired) electrons. The maximum Gasteiger partial charge on any atom is 0.156 e. The molecule has 0 unspecified atom stereocenters. The zero-order valence-corrected chi connectivity index (χ0v) is 12.9. The minimum absolute atomic E-state index is 0.0873. The van der Waals surface area contributed by atoms with Crippen LogP contribution in [0.3, 0.4) is 0 Å². The Balaban J connectivity index is 2.50. The molecule has 104 valence electrons. The van der Waals surface area contributed by atoms with Gasteiger partial charge in [-0.2, -0.15) is 0 Å². The van der Waals surface area contributed by atoms with Gasteiger partial charge in [0.05, 0.1) is 16.3 Å². The van der Waals surface area contributed by atoms with Crippen LogP contribution in [-0.4, -0.2) is 16.3 Å². The molecule has 1 aromatic heterocycles. The number of halogens is 3. The smallest absolute Gasteiger partial charge is 0.156 e. The Morgan fingerprint density at radius 3 is 2.45 bits per heavy atom. The molecule has 0 saturated carbocycles. The van der Waals surface area contributed by atoms with E-state index < -0.39 is 0 Å². The maximum absolute atomic E-state index is 11.1. The van der Waals surface area contributed by atoms with Crippen LogP contribution in [0.5, 0.6) is 0 Å². The Labute approximate surface area is 131 Å². The second kappa shape index (κ2) is 5.95. The van der Waals surface area contributed by atoms with E-state index in [0.717, 1.165) is 5.56 Å². The van der Waals surface area contributed by atoms with Crippen LogP contribution in [0.4, 0.5) is 11.5 Å². The lowest BCUT2D eigenvalue weighted by molar-refractivity contribution is 0.112. The fourth-order valence-corrected chi connectivity index (χ4v) is 2.30. The van der Waals surface area contributed by atoms with Crippen molar-refractivity contribution in [1.82, 2.24) is 9.97 Å². The highest BCUT2D eigenvalue weighted by atomic mass is 35.5. The van der Waals surface area contributed by atoms with Crippen LogP contribution in [0.1, 0.15) is 21.7 Å². The number of nitrogens with one attached hydrogen (secondary N) is 1. The zero-order chi connectivity index (χ0) is 14.9. The first-order valence-corrected chi connectivity index (χ1v) is 6.77. The number of nitrogens with zero attached hydrogens (tertiary/aromatic N) is 2. The first-order chi connectivity index (χ1) is 9.42. The quantitative estimate of drug-likeness (QED) is 0.659. The molecule has 0 saturated heterocycles. The van der Waals surface area contributed by atoms with Crippen molar-refractivity contribution in [3.63, 3.8) is 0 Å². The van der Waals surface area contributed by atoms with E-state index in [1.165, 1.54) is 0 Å². The van der Waals surface area contributed by atoms with Crippen molar-refractivity contribution >= 4 is 52.6 Å². The van der Waals surface area contributed by atoms with E-state index in [1.54, 1.807) is 19.1 Å².